The van der Waals surface area contributed by atoms with Gasteiger partial charge < -0.3 is 63.7 Å². The highest BCUT2D eigenvalue weighted by Gasteiger charge is 2.30. The molecular weight excluding hydrogens is 1120 g/mol. The fourth-order valence-corrected chi connectivity index (χ4v) is 9.45. The summed E-state index contributed by atoms with van der Waals surface area (Å²) in [6, 6.07) is 19.2. The molecule has 22 heteroatoms. The van der Waals surface area contributed by atoms with Gasteiger partial charge in [-0.3, -0.25) is 9.59 Å². The number of halogens is 4. The van der Waals surface area contributed by atoms with Gasteiger partial charge in [-0.2, -0.15) is 0 Å². The van der Waals surface area contributed by atoms with Crippen molar-refractivity contribution in [3.05, 3.63) is 118 Å². The fourth-order valence-electron chi connectivity index (χ4n) is 9.45. The number of amides is 3. The number of ketones is 2. The number of nitrogens with one attached hydrogen (secondary N) is 1. The predicted octanol–water partition coefficient (Wildman–Crippen LogP) is 11.0. The SMILES string of the molecule is CC(=O)c1ccc(N2CCN(C(=O)OC(C)(C)C)CC2)c(F)c1.CC(=O)c1ccc(N2CCNCC2)c(F)c1.CC(O)c1ccc(N2CCN(C(=O)OC(C)(C)C)CC2)c(F)c1.COC(C)c1ccc(N2CCN(C(=O)OC(C)(C)C)CC2)c(F)c1. The van der Waals surface area contributed by atoms with Gasteiger partial charge in [0.2, 0.25) is 0 Å². The maximum atomic E-state index is 14.4. The van der Waals surface area contributed by atoms with Crippen LogP contribution in [0.3, 0.4) is 0 Å². The van der Waals surface area contributed by atoms with Crippen LogP contribution in [0.25, 0.3) is 0 Å². The van der Waals surface area contributed by atoms with Crippen molar-refractivity contribution in [3.63, 3.8) is 0 Å². The molecule has 0 spiro atoms. The highest BCUT2D eigenvalue weighted by molar-refractivity contribution is 5.95. The maximum absolute atomic E-state index is 14.4. The Bertz CT molecular complexity index is 2920. The molecule has 4 fully saturated rings. The Kier molecular flexibility index (Phi) is 25.1. The van der Waals surface area contributed by atoms with Gasteiger partial charge in [0, 0.05) is 123 Å². The smallest absolute Gasteiger partial charge is 0.410 e. The number of carbonyl (C=O) groups is 5. The van der Waals surface area contributed by atoms with Crippen LogP contribution in [0.4, 0.5) is 54.7 Å². The molecule has 2 atom stereocenters. The fraction of sp³-hybridized carbons (Fsp3) is 0.547. The number of rotatable bonds is 9. The van der Waals surface area contributed by atoms with E-state index in [9.17, 15) is 46.6 Å². The quantitative estimate of drug-likeness (QED) is 0.0918. The Balaban J connectivity index is 0.000000211. The summed E-state index contributed by atoms with van der Waals surface area (Å²) >= 11 is 0. The molecule has 8 rings (SSSR count). The summed E-state index contributed by atoms with van der Waals surface area (Å²) in [6.07, 6.45) is -1.82. The Labute approximate surface area is 505 Å². The summed E-state index contributed by atoms with van der Waals surface area (Å²) in [5, 5.41) is 12.7. The van der Waals surface area contributed by atoms with E-state index in [1.807, 2.05) is 94.9 Å². The van der Waals surface area contributed by atoms with Gasteiger partial charge in [-0.15, -0.1) is 0 Å². The van der Waals surface area contributed by atoms with Crippen LogP contribution in [-0.4, -0.2) is 178 Å². The van der Waals surface area contributed by atoms with Crippen molar-refractivity contribution < 1.29 is 65.6 Å². The predicted molar refractivity (Wildman–Crippen MR) is 327 cm³/mol. The lowest BCUT2D eigenvalue weighted by Gasteiger charge is -2.37. The van der Waals surface area contributed by atoms with Gasteiger partial charge in [0.15, 0.2) is 11.6 Å². The summed E-state index contributed by atoms with van der Waals surface area (Å²) in [7, 11) is 1.60. The third kappa shape index (κ3) is 21.4. The zero-order chi connectivity index (χ0) is 63.8. The van der Waals surface area contributed by atoms with E-state index in [0.29, 0.717) is 118 Å². The van der Waals surface area contributed by atoms with Crippen molar-refractivity contribution in [2.24, 2.45) is 0 Å². The third-order valence-corrected chi connectivity index (χ3v) is 14.2. The molecule has 4 aromatic rings. The average molecular weight is 1210 g/mol. The highest BCUT2D eigenvalue weighted by Crippen LogP contribution is 2.29. The van der Waals surface area contributed by atoms with Crippen molar-refractivity contribution in [2.75, 3.05) is 131 Å². The van der Waals surface area contributed by atoms with E-state index in [0.717, 1.165) is 31.7 Å². The molecule has 4 saturated heterocycles. The topological polar surface area (TPSA) is 177 Å². The Morgan fingerprint density at radius 1 is 0.442 bits per heavy atom. The van der Waals surface area contributed by atoms with E-state index in [2.05, 4.69) is 5.32 Å². The molecule has 474 valence electrons. The first-order chi connectivity index (χ1) is 40.2. The van der Waals surface area contributed by atoms with Crippen molar-refractivity contribution in [1.29, 1.82) is 0 Å². The number of methoxy groups -OCH3 is 1. The molecule has 0 radical (unpaired) electrons. The number of hydrogen-bond donors (Lipinski definition) is 2. The Hall–Kier alpha value is -7.17. The van der Waals surface area contributed by atoms with Crippen molar-refractivity contribution >= 4 is 52.6 Å². The van der Waals surface area contributed by atoms with Crippen molar-refractivity contribution in [2.45, 2.75) is 119 Å². The number of piperazine rings is 4. The molecule has 2 N–H and O–H groups in total. The molecule has 4 heterocycles. The Morgan fingerprint density at radius 3 is 0.988 bits per heavy atom. The van der Waals surface area contributed by atoms with Gasteiger partial charge in [-0.25, -0.2) is 31.9 Å². The molecule has 0 bridgehead atoms. The van der Waals surface area contributed by atoms with Crippen LogP contribution >= 0.6 is 0 Å². The third-order valence-electron chi connectivity index (χ3n) is 14.2. The largest absolute Gasteiger partial charge is 0.444 e. The first-order valence-electron chi connectivity index (χ1n) is 29.3. The molecule has 4 aliphatic rings. The van der Waals surface area contributed by atoms with Gasteiger partial charge in [0.25, 0.3) is 0 Å². The average Bonchev–Trinajstić information content (AvgIpc) is 3.46. The number of anilines is 4. The van der Waals surface area contributed by atoms with Crippen LogP contribution in [0.1, 0.15) is 134 Å². The van der Waals surface area contributed by atoms with Gasteiger partial charge >= 0.3 is 18.3 Å². The zero-order valence-corrected chi connectivity index (χ0v) is 52.7. The molecule has 86 heavy (non-hydrogen) atoms. The number of aliphatic hydroxyl groups is 1. The summed E-state index contributed by atoms with van der Waals surface area (Å²) in [5.41, 5.74) is 2.71. The van der Waals surface area contributed by atoms with E-state index in [4.69, 9.17) is 18.9 Å². The minimum atomic E-state index is -0.692. The van der Waals surface area contributed by atoms with Crippen LogP contribution < -0.4 is 24.9 Å². The van der Waals surface area contributed by atoms with Crippen LogP contribution in [0.15, 0.2) is 72.8 Å². The number of carbonyl (C=O) groups excluding carboxylic acids is 5. The molecule has 4 aliphatic heterocycles. The number of nitrogens with zero attached hydrogens (tertiary/aromatic N) is 7. The lowest BCUT2D eigenvalue weighted by atomic mass is 10.1. The zero-order valence-electron chi connectivity index (χ0n) is 52.7. The number of hydrogen-bond acceptors (Lipinski definition) is 15. The second-order valence-corrected chi connectivity index (χ2v) is 24.5. The van der Waals surface area contributed by atoms with Crippen LogP contribution in [0.2, 0.25) is 0 Å². The standard InChI is InChI=1S/C18H27FN2O3.C17H25FN2O3.C17H23FN2O3.C12H15FN2O/c1-13(23-5)14-6-7-16(15(19)12-14)20-8-10-21(11-9-20)17(22)24-18(2,3)4;2*1-12(21)13-5-6-15(14(18)11-13)19-7-9-20(10-8-19)16(22)23-17(2,3)4;1-9(16)10-2-3-12(11(13)8-10)15-6-4-14-5-7-15/h6-7,12-13H,8-11H2,1-5H3;5-6,11-12,21H,7-10H2,1-4H3;5-6,11H,7-10H2,1-4H3;2-3,8,14H,4-7H2,1H3. The van der Waals surface area contributed by atoms with E-state index in [1.165, 1.54) is 38.1 Å². The van der Waals surface area contributed by atoms with Gasteiger partial charge in [-0.05, 0) is 162 Å². The molecular formula is C64H90F4N8O10. The first-order valence-corrected chi connectivity index (χ1v) is 29.3. The second-order valence-electron chi connectivity index (χ2n) is 24.5. The minimum absolute atomic E-state index is 0.106. The van der Waals surface area contributed by atoms with E-state index < -0.39 is 28.7 Å². The first kappa shape index (κ1) is 69.6. The normalized spacial score (nSPS) is 16.5. The lowest BCUT2D eigenvalue weighted by Crippen LogP contribution is -2.50. The molecule has 4 aromatic carbocycles. The second kappa shape index (κ2) is 31.0. The van der Waals surface area contributed by atoms with Gasteiger partial charge in [-0.1, -0.05) is 12.1 Å². The Morgan fingerprint density at radius 2 is 0.721 bits per heavy atom. The van der Waals surface area contributed by atoms with Crippen molar-refractivity contribution in [3.8, 4) is 0 Å². The molecule has 18 nitrogen and oxygen atoms in total. The van der Waals surface area contributed by atoms with E-state index in [-0.39, 0.29) is 53.4 Å². The van der Waals surface area contributed by atoms with Crippen LogP contribution in [0.5, 0.6) is 0 Å². The summed E-state index contributed by atoms with van der Waals surface area (Å²) in [5.74, 6) is -1.61. The summed E-state index contributed by atoms with van der Waals surface area (Å²) in [4.78, 5) is 71.2. The van der Waals surface area contributed by atoms with E-state index in [1.54, 1.807) is 71.2 Å². The number of benzene rings is 4. The molecule has 0 aromatic heterocycles. The molecule has 3 amide bonds. The maximum Gasteiger partial charge on any atom is 0.410 e. The van der Waals surface area contributed by atoms with Crippen LogP contribution in [-0.2, 0) is 18.9 Å². The van der Waals surface area contributed by atoms with E-state index >= 15 is 0 Å². The lowest BCUT2D eigenvalue weighted by molar-refractivity contribution is 0.0230. The summed E-state index contributed by atoms with van der Waals surface area (Å²) < 4.78 is 77.9. The van der Waals surface area contributed by atoms with Gasteiger partial charge in [0.1, 0.15) is 40.1 Å². The number of aliphatic hydroxyl groups excluding tert-OH is 1. The minimum Gasteiger partial charge on any atom is -0.444 e. The number of ether oxygens (including phenoxy) is 4. The van der Waals surface area contributed by atoms with Gasteiger partial charge in [0.05, 0.1) is 35.0 Å². The molecule has 2 unspecified atom stereocenters. The van der Waals surface area contributed by atoms with Crippen molar-refractivity contribution in [1.82, 2.24) is 20.0 Å². The molecule has 0 saturated carbocycles. The summed E-state index contributed by atoms with van der Waals surface area (Å²) in [6.45, 7) is 32.5. The van der Waals surface area contributed by atoms with Crippen LogP contribution in [0, 0.1) is 23.3 Å². The number of Topliss-reactive ketones (excluding diaryl/α,β-unsaturated/α-hetero) is 2. The molecule has 0 aliphatic carbocycles. The monoisotopic (exact) mass is 1210 g/mol. The highest BCUT2D eigenvalue weighted by atomic mass is 19.1.